The first-order valence-corrected chi connectivity index (χ1v) is 7.92. The highest BCUT2D eigenvalue weighted by molar-refractivity contribution is 5.97. The highest BCUT2D eigenvalue weighted by Gasteiger charge is 2.28. The summed E-state index contributed by atoms with van der Waals surface area (Å²) in [5.74, 6) is 0.685. The lowest BCUT2D eigenvalue weighted by Gasteiger charge is -2.29. The second-order valence-electron chi connectivity index (χ2n) is 6.39. The quantitative estimate of drug-likeness (QED) is 0.868. The van der Waals surface area contributed by atoms with Crippen molar-refractivity contribution in [1.82, 2.24) is 10.6 Å². The van der Waals surface area contributed by atoms with E-state index < -0.39 is 11.6 Å². The van der Waals surface area contributed by atoms with E-state index in [-0.39, 0.29) is 18.6 Å². The van der Waals surface area contributed by atoms with Crippen molar-refractivity contribution >= 4 is 11.8 Å². The van der Waals surface area contributed by atoms with Gasteiger partial charge in [-0.05, 0) is 44.5 Å². The molecule has 2 aromatic rings. The number of benzene rings is 1. The van der Waals surface area contributed by atoms with Crippen LogP contribution < -0.4 is 20.1 Å². The Labute approximate surface area is 145 Å². The molecule has 1 aromatic carbocycles. The normalized spacial score (nSPS) is 14.0. The van der Waals surface area contributed by atoms with Crippen LogP contribution in [-0.2, 0) is 10.3 Å². The number of carbonyl (C=O) groups excluding carboxylic acids is 2. The van der Waals surface area contributed by atoms with Crippen LogP contribution in [0.25, 0.3) is 0 Å². The van der Waals surface area contributed by atoms with Crippen LogP contribution in [0.5, 0.6) is 11.5 Å². The Morgan fingerprint density at radius 3 is 2.64 bits per heavy atom. The fraction of sp³-hybridized carbons (Fsp3) is 0.333. The maximum absolute atomic E-state index is 12.5. The fourth-order valence-electron chi connectivity index (χ4n) is 2.51. The third kappa shape index (κ3) is 3.60. The molecule has 2 amide bonds. The van der Waals surface area contributed by atoms with Gasteiger partial charge in [-0.1, -0.05) is 6.07 Å². The van der Waals surface area contributed by atoms with E-state index in [1.807, 2.05) is 32.0 Å². The molecule has 0 spiro atoms. The van der Waals surface area contributed by atoms with Crippen LogP contribution in [0.3, 0.4) is 0 Å². The number of carbonyl (C=O) groups is 2. The average Bonchev–Trinajstić information content (AvgIpc) is 3.25. The van der Waals surface area contributed by atoms with E-state index >= 15 is 0 Å². The second-order valence-corrected chi connectivity index (χ2v) is 6.39. The van der Waals surface area contributed by atoms with Crippen LogP contribution >= 0.6 is 0 Å². The molecular formula is C18H20N2O5. The van der Waals surface area contributed by atoms with Gasteiger partial charge in [0.05, 0.1) is 17.4 Å². The van der Waals surface area contributed by atoms with Crippen LogP contribution in [0.2, 0.25) is 0 Å². The molecule has 0 bridgehead atoms. The summed E-state index contributed by atoms with van der Waals surface area (Å²) in [6.07, 6.45) is 2.74. The van der Waals surface area contributed by atoms with Crippen LogP contribution in [0.15, 0.2) is 41.2 Å². The van der Waals surface area contributed by atoms with Crippen molar-refractivity contribution < 1.29 is 23.5 Å². The molecule has 0 unspecified atom stereocenters. The van der Waals surface area contributed by atoms with Crippen molar-refractivity contribution in [3.8, 4) is 11.5 Å². The highest BCUT2D eigenvalue weighted by Crippen LogP contribution is 2.35. The van der Waals surface area contributed by atoms with Gasteiger partial charge >= 0.3 is 0 Å². The summed E-state index contributed by atoms with van der Waals surface area (Å²) < 4.78 is 15.5. The zero-order chi connectivity index (χ0) is 18.0. The van der Waals surface area contributed by atoms with Crippen LogP contribution in [-0.4, -0.2) is 24.6 Å². The van der Waals surface area contributed by atoms with E-state index in [0.29, 0.717) is 17.1 Å². The molecular weight excluding hydrogens is 324 g/mol. The molecule has 0 aliphatic carbocycles. The second kappa shape index (κ2) is 6.51. The lowest BCUT2D eigenvalue weighted by molar-refractivity contribution is -0.124. The Balaban J connectivity index is 1.65. The smallest absolute Gasteiger partial charge is 0.255 e. The average molecular weight is 344 g/mol. The van der Waals surface area contributed by atoms with Gasteiger partial charge < -0.3 is 24.5 Å². The predicted octanol–water partition coefficient (Wildman–Crippen LogP) is 2.18. The summed E-state index contributed by atoms with van der Waals surface area (Å²) in [6, 6.07) is 6.38. The highest BCUT2D eigenvalue weighted by atomic mass is 16.7. The lowest BCUT2D eigenvalue weighted by atomic mass is 9.93. The largest absolute Gasteiger partial charge is 0.472 e. The Hall–Kier alpha value is -2.96. The van der Waals surface area contributed by atoms with Crippen molar-refractivity contribution in [3.63, 3.8) is 0 Å². The minimum atomic E-state index is -0.698. The molecule has 25 heavy (non-hydrogen) atoms. The van der Waals surface area contributed by atoms with Crippen LogP contribution in [0.1, 0.15) is 36.7 Å². The van der Waals surface area contributed by atoms with Crippen molar-refractivity contribution in [2.24, 2.45) is 0 Å². The van der Waals surface area contributed by atoms with E-state index in [2.05, 4.69) is 10.6 Å². The number of furan rings is 1. The predicted molar refractivity (Wildman–Crippen MR) is 89.4 cm³/mol. The van der Waals surface area contributed by atoms with Gasteiger partial charge in [-0.25, -0.2) is 0 Å². The monoisotopic (exact) mass is 344 g/mol. The molecule has 1 aliphatic heterocycles. The molecule has 1 aliphatic rings. The first kappa shape index (κ1) is 16.9. The Bertz CT molecular complexity index is 783. The number of ether oxygens (including phenoxy) is 2. The molecule has 2 N–H and O–H groups in total. The maximum Gasteiger partial charge on any atom is 0.255 e. The SMILES string of the molecule is C[C@@H](NC(=O)c1ccoc1)C(=O)NC(C)(C)c1ccc2c(c1)OCO2. The first-order chi connectivity index (χ1) is 11.9. The molecule has 1 aromatic heterocycles. The molecule has 3 rings (SSSR count). The maximum atomic E-state index is 12.5. The number of amides is 2. The molecule has 2 heterocycles. The first-order valence-electron chi connectivity index (χ1n) is 7.92. The van der Waals surface area contributed by atoms with E-state index in [0.717, 1.165) is 5.56 Å². The fourth-order valence-corrected chi connectivity index (χ4v) is 2.51. The minimum absolute atomic E-state index is 0.197. The summed E-state index contributed by atoms with van der Waals surface area (Å²) >= 11 is 0. The van der Waals surface area contributed by atoms with E-state index in [4.69, 9.17) is 13.9 Å². The zero-order valence-electron chi connectivity index (χ0n) is 14.3. The van der Waals surface area contributed by atoms with Crippen molar-refractivity contribution in [1.29, 1.82) is 0 Å². The molecule has 7 nitrogen and oxygen atoms in total. The Morgan fingerprint density at radius 2 is 1.92 bits per heavy atom. The Kier molecular flexibility index (Phi) is 4.39. The summed E-state index contributed by atoms with van der Waals surface area (Å²) in [7, 11) is 0. The van der Waals surface area contributed by atoms with Gasteiger partial charge in [-0.15, -0.1) is 0 Å². The number of hydrogen-bond donors (Lipinski definition) is 2. The Morgan fingerprint density at radius 1 is 1.16 bits per heavy atom. The molecule has 7 heteroatoms. The summed E-state index contributed by atoms with van der Waals surface area (Å²) in [6.45, 7) is 5.59. The van der Waals surface area contributed by atoms with E-state index in [1.54, 1.807) is 6.92 Å². The number of nitrogens with one attached hydrogen (secondary N) is 2. The van der Waals surface area contributed by atoms with Gasteiger partial charge in [0.15, 0.2) is 11.5 Å². The molecule has 0 saturated heterocycles. The van der Waals surface area contributed by atoms with Crippen LogP contribution in [0, 0.1) is 0 Å². The zero-order valence-corrected chi connectivity index (χ0v) is 14.3. The number of hydrogen-bond acceptors (Lipinski definition) is 5. The van der Waals surface area contributed by atoms with Gasteiger partial charge in [-0.2, -0.15) is 0 Å². The number of fused-ring (bicyclic) bond motifs is 1. The molecule has 0 radical (unpaired) electrons. The summed E-state index contributed by atoms with van der Waals surface area (Å²) in [4.78, 5) is 24.5. The van der Waals surface area contributed by atoms with Crippen molar-refractivity contribution in [3.05, 3.63) is 47.9 Å². The van der Waals surface area contributed by atoms with Gasteiger partial charge in [0, 0.05) is 0 Å². The summed E-state index contributed by atoms with van der Waals surface area (Å²) in [5, 5.41) is 5.58. The topological polar surface area (TPSA) is 89.8 Å². The van der Waals surface area contributed by atoms with Crippen molar-refractivity contribution in [2.75, 3.05) is 6.79 Å². The standard InChI is InChI=1S/C18H20N2O5/c1-11(19-17(22)12-6-7-23-9-12)16(21)20-18(2,3)13-4-5-14-15(8-13)25-10-24-14/h4-9,11H,10H2,1-3H3,(H,19,22)(H,20,21)/t11-/m1/s1. The van der Waals surface area contributed by atoms with Gasteiger partial charge in [0.1, 0.15) is 12.3 Å². The lowest BCUT2D eigenvalue weighted by Crippen LogP contribution is -2.50. The van der Waals surface area contributed by atoms with Gasteiger partial charge in [-0.3, -0.25) is 9.59 Å². The van der Waals surface area contributed by atoms with Gasteiger partial charge in [0.25, 0.3) is 5.91 Å². The molecule has 132 valence electrons. The summed E-state index contributed by atoms with van der Waals surface area (Å²) in [5.41, 5.74) is 0.598. The van der Waals surface area contributed by atoms with Crippen LogP contribution in [0.4, 0.5) is 0 Å². The minimum Gasteiger partial charge on any atom is -0.472 e. The van der Waals surface area contributed by atoms with Gasteiger partial charge in [0.2, 0.25) is 12.7 Å². The molecule has 0 fully saturated rings. The number of rotatable bonds is 5. The molecule has 1 atom stereocenters. The molecule has 0 saturated carbocycles. The van der Waals surface area contributed by atoms with E-state index in [1.165, 1.54) is 18.6 Å². The third-order valence-electron chi connectivity index (χ3n) is 4.05. The van der Waals surface area contributed by atoms with E-state index in [9.17, 15) is 9.59 Å². The third-order valence-corrected chi connectivity index (χ3v) is 4.05. The van der Waals surface area contributed by atoms with Crippen molar-refractivity contribution in [2.45, 2.75) is 32.4 Å².